The molecule has 0 radical (unpaired) electrons. The van der Waals surface area contributed by atoms with Crippen molar-refractivity contribution in [1.82, 2.24) is 15.2 Å². The maximum Gasteiger partial charge on any atom is 0.270 e. The number of carbonyl (C=O) groups excluding carboxylic acids is 2. The molecule has 6 nitrogen and oxygen atoms in total. The fourth-order valence-electron chi connectivity index (χ4n) is 2.35. The Bertz CT molecular complexity index is 489. The van der Waals surface area contributed by atoms with Gasteiger partial charge in [0.2, 0.25) is 5.91 Å². The van der Waals surface area contributed by atoms with Crippen LogP contribution in [0, 0.1) is 0 Å². The first kappa shape index (κ1) is 15.9. The van der Waals surface area contributed by atoms with Crippen molar-refractivity contribution < 1.29 is 9.59 Å². The van der Waals surface area contributed by atoms with Crippen molar-refractivity contribution in [1.29, 1.82) is 0 Å². The summed E-state index contributed by atoms with van der Waals surface area (Å²) >= 11 is 1.39. The molecule has 0 atom stereocenters. The van der Waals surface area contributed by atoms with Gasteiger partial charge in [0.25, 0.3) is 5.91 Å². The van der Waals surface area contributed by atoms with E-state index in [2.05, 4.69) is 10.3 Å². The molecule has 3 N–H and O–H groups in total. The third kappa shape index (κ3) is 4.78. The van der Waals surface area contributed by atoms with Crippen molar-refractivity contribution in [2.75, 3.05) is 19.6 Å². The minimum absolute atomic E-state index is 0.173. The molecule has 2 rings (SSSR count). The van der Waals surface area contributed by atoms with Crippen LogP contribution in [0.4, 0.5) is 0 Å². The zero-order chi connectivity index (χ0) is 15.1. The van der Waals surface area contributed by atoms with Gasteiger partial charge < -0.3 is 16.0 Å². The maximum atomic E-state index is 11.9. The van der Waals surface area contributed by atoms with Crippen molar-refractivity contribution in [3.8, 4) is 0 Å². The van der Waals surface area contributed by atoms with Crippen LogP contribution in [-0.2, 0) is 11.3 Å². The Labute approximate surface area is 128 Å². The van der Waals surface area contributed by atoms with Crippen LogP contribution in [-0.4, -0.2) is 41.3 Å². The third-order valence-corrected chi connectivity index (χ3v) is 4.39. The van der Waals surface area contributed by atoms with Gasteiger partial charge in [-0.2, -0.15) is 0 Å². The highest BCUT2D eigenvalue weighted by Gasteiger charge is 2.16. The van der Waals surface area contributed by atoms with Gasteiger partial charge in [0.15, 0.2) is 0 Å². The van der Waals surface area contributed by atoms with E-state index in [9.17, 15) is 9.59 Å². The van der Waals surface area contributed by atoms with Crippen LogP contribution in [0.25, 0.3) is 0 Å². The first-order valence-electron chi connectivity index (χ1n) is 7.41. The van der Waals surface area contributed by atoms with Crippen LogP contribution in [0.5, 0.6) is 0 Å². The van der Waals surface area contributed by atoms with Crippen LogP contribution in [0.15, 0.2) is 5.38 Å². The van der Waals surface area contributed by atoms with Crippen molar-refractivity contribution in [2.24, 2.45) is 5.73 Å². The van der Waals surface area contributed by atoms with Crippen LogP contribution < -0.4 is 11.1 Å². The van der Waals surface area contributed by atoms with E-state index in [1.54, 1.807) is 5.38 Å². The van der Waals surface area contributed by atoms with Gasteiger partial charge in [-0.3, -0.25) is 9.59 Å². The molecule has 1 aliphatic heterocycles. The lowest BCUT2D eigenvalue weighted by Crippen LogP contribution is -2.34. The molecule has 1 saturated heterocycles. The highest BCUT2D eigenvalue weighted by molar-refractivity contribution is 7.09. The van der Waals surface area contributed by atoms with Gasteiger partial charge in [0.05, 0.1) is 0 Å². The molecule has 0 saturated carbocycles. The van der Waals surface area contributed by atoms with Crippen LogP contribution >= 0.6 is 11.3 Å². The second-order valence-electron chi connectivity index (χ2n) is 5.13. The van der Waals surface area contributed by atoms with Gasteiger partial charge in [-0.15, -0.1) is 11.3 Å². The quantitative estimate of drug-likeness (QED) is 0.771. The minimum Gasteiger partial charge on any atom is -0.351 e. The molecule has 7 heteroatoms. The third-order valence-electron chi connectivity index (χ3n) is 3.52. The number of amides is 2. The summed E-state index contributed by atoms with van der Waals surface area (Å²) in [6.07, 6.45) is 4.64. The van der Waals surface area contributed by atoms with E-state index in [4.69, 9.17) is 5.73 Å². The topological polar surface area (TPSA) is 88.3 Å². The molecule has 116 valence electrons. The molecule has 0 aliphatic carbocycles. The number of nitrogens with zero attached hydrogens (tertiary/aromatic N) is 2. The largest absolute Gasteiger partial charge is 0.351 e. The molecule has 1 aromatic rings. The van der Waals surface area contributed by atoms with Crippen molar-refractivity contribution in [2.45, 2.75) is 38.6 Å². The Morgan fingerprint density at radius 3 is 3.05 bits per heavy atom. The van der Waals surface area contributed by atoms with Crippen molar-refractivity contribution in [3.05, 3.63) is 16.1 Å². The average molecular weight is 310 g/mol. The number of thiazole rings is 1. The van der Waals surface area contributed by atoms with Gasteiger partial charge in [-0.1, -0.05) is 6.42 Å². The predicted molar refractivity (Wildman–Crippen MR) is 82.0 cm³/mol. The fraction of sp³-hybridized carbons (Fsp3) is 0.643. The summed E-state index contributed by atoms with van der Waals surface area (Å²) in [6, 6.07) is 0. The average Bonchev–Trinajstić information content (AvgIpc) is 2.88. The zero-order valence-electron chi connectivity index (χ0n) is 12.1. The van der Waals surface area contributed by atoms with Crippen LogP contribution in [0.1, 0.15) is 47.6 Å². The van der Waals surface area contributed by atoms with E-state index >= 15 is 0 Å². The smallest absolute Gasteiger partial charge is 0.270 e. The Balaban J connectivity index is 1.69. The van der Waals surface area contributed by atoms with Crippen molar-refractivity contribution in [3.63, 3.8) is 0 Å². The van der Waals surface area contributed by atoms with Gasteiger partial charge in [0, 0.05) is 38.0 Å². The number of nitrogens with two attached hydrogens (primary N) is 1. The van der Waals surface area contributed by atoms with E-state index in [1.165, 1.54) is 11.3 Å². The normalized spacial score (nSPS) is 15.9. The predicted octanol–water partition coefficient (Wildman–Crippen LogP) is 1.12. The summed E-state index contributed by atoms with van der Waals surface area (Å²) in [5, 5.41) is 5.31. The summed E-state index contributed by atoms with van der Waals surface area (Å²) in [6.45, 7) is 2.47. The standard InChI is InChI=1S/C14H22N4O2S/c15-9-12-17-11(10-21-12)14(20)16-6-4-8-18-7-3-1-2-5-13(18)19/h10H,1-9,15H2,(H,16,20). The number of aromatic nitrogens is 1. The number of rotatable bonds is 6. The minimum atomic E-state index is -0.173. The molecule has 1 fully saturated rings. The van der Waals surface area contributed by atoms with E-state index in [0.717, 1.165) is 37.2 Å². The molecular formula is C14H22N4O2S. The highest BCUT2D eigenvalue weighted by atomic mass is 32.1. The zero-order valence-corrected chi connectivity index (χ0v) is 13.0. The molecule has 0 aromatic carbocycles. The Kier molecular flexibility index (Phi) is 6.13. The second kappa shape index (κ2) is 8.09. The summed E-state index contributed by atoms with van der Waals surface area (Å²) < 4.78 is 0. The number of carbonyl (C=O) groups is 2. The molecular weight excluding hydrogens is 288 g/mol. The number of likely N-dealkylation sites (tertiary alicyclic amines) is 1. The van der Waals surface area contributed by atoms with Crippen molar-refractivity contribution >= 4 is 23.2 Å². The monoisotopic (exact) mass is 310 g/mol. The van der Waals surface area contributed by atoms with E-state index in [0.29, 0.717) is 31.7 Å². The first-order chi connectivity index (χ1) is 10.2. The fourth-order valence-corrected chi connectivity index (χ4v) is 3.00. The first-order valence-corrected chi connectivity index (χ1v) is 8.29. The Morgan fingerprint density at radius 2 is 2.29 bits per heavy atom. The lowest BCUT2D eigenvalue weighted by molar-refractivity contribution is -0.130. The Morgan fingerprint density at radius 1 is 1.43 bits per heavy atom. The number of nitrogens with one attached hydrogen (secondary N) is 1. The van der Waals surface area contributed by atoms with E-state index in [1.807, 2.05) is 4.90 Å². The highest BCUT2D eigenvalue weighted by Crippen LogP contribution is 2.11. The summed E-state index contributed by atoms with van der Waals surface area (Å²) in [5.74, 6) is 0.0686. The molecule has 21 heavy (non-hydrogen) atoms. The van der Waals surface area contributed by atoms with E-state index in [-0.39, 0.29) is 11.8 Å². The van der Waals surface area contributed by atoms with Gasteiger partial charge >= 0.3 is 0 Å². The van der Waals surface area contributed by atoms with Gasteiger partial charge in [-0.25, -0.2) is 4.98 Å². The molecule has 2 amide bonds. The van der Waals surface area contributed by atoms with Gasteiger partial charge in [-0.05, 0) is 19.3 Å². The molecule has 2 heterocycles. The molecule has 0 bridgehead atoms. The summed E-state index contributed by atoms with van der Waals surface area (Å²) in [4.78, 5) is 29.7. The number of hydrogen-bond acceptors (Lipinski definition) is 5. The molecule has 1 aliphatic rings. The van der Waals surface area contributed by atoms with E-state index < -0.39 is 0 Å². The molecule has 0 spiro atoms. The number of hydrogen-bond donors (Lipinski definition) is 2. The van der Waals surface area contributed by atoms with Gasteiger partial charge in [0.1, 0.15) is 10.7 Å². The Hall–Kier alpha value is -1.47. The maximum absolute atomic E-state index is 11.9. The second-order valence-corrected chi connectivity index (χ2v) is 6.07. The molecule has 0 unspecified atom stereocenters. The van der Waals surface area contributed by atoms with Crippen LogP contribution in [0.3, 0.4) is 0 Å². The lowest BCUT2D eigenvalue weighted by Gasteiger charge is -2.20. The summed E-state index contributed by atoms with van der Waals surface area (Å²) in [5.41, 5.74) is 5.89. The SMILES string of the molecule is NCc1nc(C(=O)NCCCN2CCCCCC2=O)cs1. The lowest BCUT2D eigenvalue weighted by atomic mass is 10.2. The summed E-state index contributed by atoms with van der Waals surface area (Å²) in [7, 11) is 0. The van der Waals surface area contributed by atoms with Crippen LogP contribution in [0.2, 0.25) is 0 Å². The molecule has 1 aromatic heterocycles.